The lowest BCUT2D eigenvalue weighted by atomic mass is 9.96. The van der Waals surface area contributed by atoms with E-state index < -0.39 is 42.9 Å². The van der Waals surface area contributed by atoms with Crippen molar-refractivity contribution in [2.24, 2.45) is 0 Å². The third-order valence-electron chi connectivity index (χ3n) is 4.69. The molecule has 1 aromatic heterocycles. The molecule has 136 valence electrons. The van der Waals surface area contributed by atoms with E-state index in [0.29, 0.717) is 16.8 Å². The van der Waals surface area contributed by atoms with Crippen molar-refractivity contribution in [3.8, 4) is 0 Å². The minimum Gasteiger partial charge on any atom is -0.422 e. The number of nitrogens with one attached hydrogen (secondary N) is 1. The largest absolute Gasteiger partial charge is 0.422 e. The lowest BCUT2D eigenvalue weighted by Crippen LogP contribution is -2.61. The molecule has 0 bridgehead atoms. The van der Waals surface area contributed by atoms with E-state index in [4.69, 9.17) is 14.3 Å². The monoisotopic (exact) mass is 351 g/mol. The van der Waals surface area contributed by atoms with Gasteiger partial charge in [0.15, 0.2) is 6.29 Å². The van der Waals surface area contributed by atoms with Gasteiger partial charge in [-0.1, -0.05) is 0 Å². The Labute approximate surface area is 143 Å². The van der Waals surface area contributed by atoms with Crippen LogP contribution in [0.2, 0.25) is 0 Å². The standard InChI is InChI=1S/C17H21NO7/c1-7-8(2)16(22)24-11-5-9(3-4-10(7)11)18-13-15(21)14(20)12(6-19)25-17(13)23/h3-5,12-15,17-21,23H,6H2,1-2H3/t12?,13?,14-,15?,17?/m0/s1. The summed E-state index contributed by atoms with van der Waals surface area (Å²) in [6.45, 7) is 3.00. The zero-order valence-corrected chi connectivity index (χ0v) is 13.8. The fourth-order valence-corrected chi connectivity index (χ4v) is 2.98. The molecule has 1 aliphatic heterocycles. The second-order valence-electron chi connectivity index (χ2n) is 6.25. The van der Waals surface area contributed by atoms with Crippen LogP contribution in [0.1, 0.15) is 11.1 Å². The summed E-state index contributed by atoms with van der Waals surface area (Å²) in [6.07, 6.45) is -5.21. The van der Waals surface area contributed by atoms with Gasteiger partial charge in [-0.3, -0.25) is 0 Å². The number of fused-ring (bicyclic) bond motifs is 1. The lowest BCUT2D eigenvalue weighted by molar-refractivity contribution is -0.245. The Balaban J connectivity index is 1.90. The van der Waals surface area contributed by atoms with Gasteiger partial charge >= 0.3 is 5.63 Å². The van der Waals surface area contributed by atoms with Crippen LogP contribution in [0.15, 0.2) is 27.4 Å². The predicted molar refractivity (Wildman–Crippen MR) is 89.3 cm³/mol. The quantitative estimate of drug-likeness (QED) is 0.473. The fraction of sp³-hybridized carbons (Fsp3) is 0.471. The van der Waals surface area contributed by atoms with Gasteiger partial charge in [0.2, 0.25) is 0 Å². The van der Waals surface area contributed by atoms with Crippen LogP contribution in [0.25, 0.3) is 11.0 Å². The van der Waals surface area contributed by atoms with Gasteiger partial charge < -0.3 is 34.9 Å². The number of anilines is 1. The third kappa shape index (κ3) is 3.14. The molecular weight excluding hydrogens is 330 g/mol. The molecule has 1 fully saturated rings. The Morgan fingerprint density at radius 2 is 1.84 bits per heavy atom. The van der Waals surface area contributed by atoms with E-state index in [1.165, 1.54) is 0 Å². The predicted octanol–water partition coefficient (Wildman–Crippen LogP) is -0.378. The van der Waals surface area contributed by atoms with E-state index in [9.17, 15) is 20.1 Å². The minimum absolute atomic E-state index is 0.368. The molecule has 1 aliphatic rings. The molecule has 5 N–H and O–H groups in total. The van der Waals surface area contributed by atoms with E-state index in [1.54, 1.807) is 25.1 Å². The molecule has 2 heterocycles. The van der Waals surface area contributed by atoms with Crippen LogP contribution < -0.4 is 10.9 Å². The van der Waals surface area contributed by atoms with Gasteiger partial charge in [0.1, 0.15) is 29.9 Å². The fourth-order valence-electron chi connectivity index (χ4n) is 2.98. The summed E-state index contributed by atoms with van der Waals surface area (Å²) in [5, 5.41) is 42.9. The second kappa shape index (κ2) is 6.74. The summed E-state index contributed by atoms with van der Waals surface area (Å²) in [4.78, 5) is 11.8. The molecule has 5 atom stereocenters. The van der Waals surface area contributed by atoms with Gasteiger partial charge in [-0.2, -0.15) is 0 Å². The van der Waals surface area contributed by atoms with Crippen molar-refractivity contribution >= 4 is 16.7 Å². The van der Waals surface area contributed by atoms with Crippen molar-refractivity contribution in [3.63, 3.8) is 0 Å². The Hall–Kier alpha value is -1.97. The highest BCUT2D eigenvalue weighted by atomic mass is 16.6. The van der Waals surface area contributed by atoms with E-state index in [0.717, 1.165) is 10.9 Å². The van der Waals surface area contributed by atoms with Crippen molar-refractivity contribution in [1.29, 1.82) is 0 Å². The zero-order chi connectivity index (χ0) is 18.3. The van der Waals surface area contributed by atoms with Gasteiger partial charge in [-0.25, -0.2) is 4.79 Å². The number of benzene rings is 1. The molecule has 8 nitrogen and oxygen atoms in total. The minimum atomic E-state index is -1.43. The number of ether oxygens (including phenoxy) is 1. The van der Waals surface area contributed by atoms with Crippen LogP contribution in [-0.2, 0) is 4.74 Å². The molecule has 0 amide bonds. The first kappa shape index (κ1) is 17.8. The van der Waals surface area contributed by atoms with Crippen molar-refractivity contribution in [3.05, 3.63) is 39.7 Å². The molecule has 0 saturated carbocycles. The summed E-state index contributed by atoms with van der Waals surface area (Å²) in [6, 6.07) is 4.03. The van der Waals surface area contributed by atoms with E-state index >= 15 is 0 Å². The molecule has 0 radical (unpaired) electrons. The lowest BCUT2D eigenvalue weighted by Gasteiger charge is -2.40. The molecule has 1 aromatic carbocycles. The number of aliphatic hydroxyl groups excluding tert-OH is 4. The molecule has 8 heteroatoms. The van der Waals surface area contributed by atoms with Gasteiger partial charge in [0, 0.05) is 22.7 Å². The van der Waals surface area contributed by atoms with E-state index in [-0.39, 0.29) is 0 Å². The SMILES string of the molecule is Cc1c(C)c2ccc(NC3C(O)OC(CO)[C@H](O)C3O)cc2oc1=O. The molecule has 25 heavy (non-hydrogen) atoms. The first-order valence-corrected chi connectivity index (χ1v) is 7.94. The normalized spacial score (nSPS) is 29.8. The van der Waals surface area contributed by atoms with Crippen LogP contribution in [-0.4, -0.2) is 57.7 Å². The third-order valence-corrected chi connectivity index (χ3v) is 4.69. The van der Waals surface area contributed by atoms with Crippen LogP contribution in [0, 0.1) is 13.8 Å². The van der Waals surface area contributed by atoms with Gasteiger partial charge in [-0.15, -0.1) is 0 Å². The number of hydrogen-bond acceptors (Lipinski definition) is 8. The summed E-state index contributed by atoms with van der Waals surface area (Å²) < 4.78 is 10.4. The maximum atomic E-state index is 11.8. The molecule has 2 aromatic rings. The van der Waals surface area contributed by atoms with Crippen molar-refractivity contribution < 1.29 is 29.6 Å². The first-order chi connectivity index (χ1) is 11.8. The molecule has 3 rings (SSSR count). The Kier molecular flexibility index (Phi) is 4.81. The van der Waals surface area contributed by atoms with Crippen molar-refractivity contribution in [2.45, 2.75) is 44.5 Å². The van der Waals surface area contributed by atoms with Crippen molar-refractivity contribution in [2.75, 3.05) is 11.9 Å². The number of aryl methyl sites for hydroxylation is 1. The molecule has 0 aliphatic carbocycles. The molecular formula is C17H21NO7. The van der Waals surface area contributed by atoms with Crippen LogP contribution >= 0.6 is 0 Å². The first-order valence-electron chi connectivity index (χ1n) is 7.94. The Morgan fingerprint density at radius 3 is 2.52 bits per heavy atom. The number of aliphatic hydroxyl groups is 4. The number of rotatable bonds is 3. The van der Waals surface area contributed by atoms with Crippen LogP contribution in [0.4, 0.5) is 5.69 Å². The molecule has 0 spiro atoms. The zero-order valence-electron chi connectivity index (χ0n) is 13.8. The highest BCUT2D eigenvalue weighted by Crippen LogP contribution is 2.26. The van der Waals surface area contributed by atoms with E-state index in [1.807, 2.05) is 6.92 Å². The molecule has 1 saturated heterocycles. The molecule has 4 unspecified atom stereocenters. The topological polar surface area (TPSA) is 132 Å². The van der Waals surface area contributed by atoms with Crippen molar-refractivity contribution in [1.82, 2.24) is 0 Å². The smallest absolute Gasteiger partial charge is 0.339 e. The highest BCUT2D eigenvalue weighted by Gasteiger charge is 2.43. The van der Waals surface area contributed by atoms with Crippen LogP contribution in [0.5, 0.6) is 0 Å². The van der Waals surface area contributed by atoms with Gasteiger partial charge in [0.25, 0.3) is 0 Å². The summed E-state index contributed by atoms with van der Waals surface area (Å²) >= 11 is 0. The Morgan fingerprint density at radius 1 is 1.12 bits per heavy atom. The highest BCUT2D eigenvalue weighted by molar-refractivity contribution is 5.84. The van der Waals surface area contributed by atoms with E-state index in [2.05, 4.69) is 5.32 Å². The maximum Gasteiger partial charge on any atom is 0.339 e. The average molecular weight is 351 g/mol. The average Bonchev–Trinajstić information content (AvgIpc) is 2.59. The second-order valence-corrected chi connectivity index (χ2v) is 6.25. The van der Waals surface area contributed by atoms with Gasteiger partial charge in [-0.05, 0) is 31.5 Å². The Bertz CT molecular complexity index is 834. The van der Waals surface area contributed by atoms with Gasteiger partial charge in [0.05, 0.1) is 6.61 Å². The summed E-state index contributed by atoms with van der Waals surface area (Å²) in [5.41, 5.74) is 1.77. The van der Waals surface area contributed by atoms with Crippen LogP contribution in [0.3, 0.4) is 0 Å². The maximum absolute atomic E-state index is 11.8. The number of hydrogen-bond donors (Lipinski definition) is 5. The summed E-state index contributed by atoms with van der Waals surface area (Å²) in [5.74, 6) is 0. The summed E-state index contributed by atoms with van der Waals surface area (Å²) in [7, 11) is 0.